The predicted octanol–water partition coefficient (Wildman–Crippen LogP) is 0.979. The van der Waals surface area contributed by atoms with Crippen molar-refractivity contribution in [1.82, 2.24) is 10.2 Å². The number of carbonyl (C=O) groups is 2. The zero-order valence-corrected chi connectivity index (χ0v) is 11.0. The van der Waals surface area contributed by atoms with Crippen molar-refractivity contribution in [2.75, 3.05) is 13.1 Å². The summed E-state index contributed by atoms with van der Waals surface area (Å²) >= 11 is 0. The van der Waals surface area contributed by atoms with Crippen LogP contribution in [0.2, 0.25) is 0 Å². The zero-order valence-electron chi connectivity index (χ0n) is 11.0. The van der Waals surface area contributed by atoms with Crippen LogP contribution >= 0.6 is 0 Å². The molecule has 108 valence electrons. The fourth-order valence-corrected chi connectivity index (χ4v) is 2.29. The number of nitrogens with one attached hydrogen (secondary N) is 1. The minimum atomic E-state index is -1.11. The van der Waals surface area contributed by atoms with Crippen LogP contribution < -0.4 is 5.32 Å². The predicted molar refractivity (Wildman–Crippen MR) is 72.2 cm³/mol. The molecule has 1 saturated heterocycles. The Morgan fingerprint density at radius 2 is 2.00 bits per heavy atom. The normalized spacial score (nSPS) is 20.2. The molecule has 0 saturated carbocycles. The van der Waals surface area contributed by atoms with Crippen LogP contribution in [0.15, 0.2) is 30.3 Å². The standard InChI is InChI=1S/C14H18N2O4/c17-11-7-4-8-16(9-11)14(20)15-12(13(18)19)10-5-2-1-3-6-10/h1-3,5-6,11-12,17H,4,7-9H2,(H,15,20)(H,18,19)/t11?,12-/m1/s1. The number of amides is 2. The third-order valence-corrected chi connectivity index (χ3v) is 3.33. The summed E-state index contributed by atoms with van der Waals surface area (Å²) in [6.45, 7) is 0.775. The summed E-state index contributed by atoms with van der Waals surface area (Å²) in [5.74, 6) is -1.11. The summed E-state index contributed by atoms with van der Waals surface area (Å²) in [4.78, 5) is 24.8. The average molecular weight is 278 g/mol. The maximum atomic E-state index is 12.1. The maximum absolute atomic E-state index is 12.1. The van der Waals surface area contributed by atoms with E-state index in [0.717, 1.165) is 6.42 Å². The second kappa shape index (κ2) is 6.38. The highest BCUT2D eigenvalue weighted by Gasteiger charge is 2.27. The average Bonchev–Trinajstić information content (AvgIpc) is 2.45. The Morgan fingerprint density at radius 1 is 1.30 bits per heavy atom. The van der Waals surface area contributed by atoms with Crippen LogP contribution in [0, 0.1) is 0 Å². The van der Waals surface area contributed by atoms with Crippen molar-refractivity contribution in [1.29, 1.82) is 0 Å². The number of aliphatic carboxylic acids is 1. The number of aliphatic hydroxyl groups is 1. The number of piperidine rings is 1. The Balaban J connectivity index is 2.05. The Labute approximate surface area is 117 Å². The van der Waals surface area contributed by atoms with Gasteiger partial charge in [0.1, 0.15) is 0 Å². The zero-order chi connectivity index (χ0) is 14.5. The van der Waals surface area contributed by atoms with E-state index in [4.69, 9.17) is 0 Å². The Morgan fingerprint density at radius 3 is 2.60 bits per heavy atom. The number of urea groups is 1. The summed E-state index contributed by atoms with van der Waals surface area (Å²) in [5.41, 5.74) is 0.519. The molecule has 0 spiro atoms. The monoisotopic (exact) mass is 278 g/mol. The van der Waals surface area contributed by atoms with Gasteiger partial charge in [-0.2, -0.15) is 0 Å². The first kappa shape index (κ1) is 14.3. The summed E-state index contributed by atoms with van der Waals surface area (Å²) in [7, 11) is 0. The molecule has 1 aromatic carbocycles. The maximum Gasteiger partial charge on any atom is 0.330 e. The third-order valence-electron chi connectivity index (χ3n) is 3.33. The Hall–Kier alpha value is -2.08. The number of carbonyl (C=O) groups excluding carboxylic acids is 1. The molecule has 1 heterocycles. The quantitative estimate of drug-likeness (QED) is 0.768. The molecule has 6 nitrogen and oxygen atoms in total. The van der Waals surface area contributed by atoms with Gasteiger partial charge >= 0.3 is 12.0 Å². The lowest BCUT2D eigenvalue weighted by Crippen LogP contribution is -2.49. The Bertz CT molecular complexity index is 477. The molecule has 1 aromatic rings. The fraction of sp³-hybridized carbons (Fsp3) is 0.429. The molecule has 1 aliphatic rings. The van der Waals surface area contributed by atoms with Crippen LogP contribution in [0.25, 0.3) is 0 Å². The summed E-state index contributed by atoms with van der Waals surface area (Å²) in [5, 5.41) is 21.3. The molecular formula is C14H18N2O4. The molecule has 0 aliphatic carbocycles. The highest BCUT2D eigenvalue weighted by Crippen LogP contribution is 2.15. The van der Waals surface area contributed by atoms with Gasteiger partial charge in [0.25, 0.3) is 0 Å². The minimum Gasteiger partial charge on any atom is -0.479 e. The lowest BCUT2D eigenvalue weighted by molar-refractivity contribution is -0.139. The van der Waals surface area contributed by atoms with Crippen molar-refractivity contribution >= 4 is 12.0 Å². The number of hydrogen-bond donors (Lipinski definition) is 3. The van der Waals surface area contributed by atoms with Gasteiger partial charge in [-0.1, -0.05) is 30.3 Å². The summed E-state index contributed by atoms with van der Waals surface area (Å²) in [6.07, 6.45) is 0.858. The van der Waals surface area contributed by atoms with Crippen LogP contribution in [0.3, 0.4) is 0 Å². The molecule has 1 unspecified atom stereocenters. The number of nitrogens with zero attached hydrogens (tertiary/aromatic N) is 1. The molecule has 20 heavy (non-hydrogen) atoms. The van der Waals surface area contributed by atoms with E-state index in [1.165, 1.54) is 4.90 Å². The number of benzene rings is 1. The lowest BCUT2D eigenvalue weighted by atomic mass is 10.1. The molecular weight excluding hydrogens is 260 g/mol. The van der Waals surface area contributed by atoms with E-state index in [0.29, 0.717) is 18.5 Å². The van der Waals surface area contributed by atoms with Crippen molar-refractivity contribution < 1.29 is 19.8 Å². The van der Waals surface area contributed by atoms with Crippen LogP contribution in [0.5, 0.6) is 0 Å². The van der Waals surface area contributed by atoms with Crippen molar-refractivity contribution in [3.8, 4) is 0 Å². The van der Waals surface area contributed by atoms with E-state index in [-0.39, 0.29) is 6.54 Å². The van der Waals surface area contributed by atoms with Gasteiger partial charge in [0.05, 0.1) is 6.10 Å². The number of likely N-dealkylation sites (tertiary alicyclic amines) is 1. The van der Waals surface area contributed by atoms with Gasteiger partial charge < -0.3 is 20.4 Å². The Kier molecular flexibility index (Phi) is 4.57. The van der Waals surface area contributed by atoms with Crippen molar-refractivity contribution in [3.05, 3.63) is 35.9 Å². The molecule has 0 radical (unpaired) electrons. The van der Waals surface area contributed by atoms with E-state index in [1.807, 2.05) is 0 Å². The highest BCUT2D eigenvalue weighted by atomic mass is 16.4. The molecule has 6 heteroatoms. The van der Waals surface area contributed by atoms with E-state index in [9.17, 15) is 19.8 Å². The van der Waals surface area contributed by atoms with E-state index < -0.39 is 24.1 Å². The lowest BCUT2D eigenvalue weighted by Gasteiger charge is -2.31. The largest absolute Gasteiger partial charge is 0.479 e. The number of carboxylic acid groups (broad SMARTS) is 1. The number of aliphatic hydroxyl groups excluding tert-OH is 1. The van der Waals surface area contributed by atoms with Crippen LogP contribution in [0.1, 0.15) is 24.4 Å². The van der Waals surface area contributed by atoms with Gasteiger partial charge in [-0.25, -0.2) is 9.59 Å². The van der Waals surface area contributed by atoms with Gasteiger partial charge in [-0.3, -0.25) is 0 Å². The molecule has 1 fully saturated rings. The van der Waals surface area contributed by atoms with Crippen LogP contribution in [-0.4, -0.2) is 46.3 Å². The van der Waals surface area contributed by atoms with Gasteiger partial charge in [0.15, 0.2) is 6.04 Å². The molecule has 2 amide bonds. The van der Waals surface area contributed by atoms with Crippen LogP contribution in [-0.2, 0) is 4.79 Å². The molecule has 3 N–H and O–H groups in total. The van der Waals surface area contributed by atoms with Crippen LogP contribution in [0.4, 0.5) is 4.79 Å². The summed E-state index contributed by atoms with van der Waals surface area (Å²) < 4.78 is 0. The molecule has 0 bridgehead atoms. The highest BCUT2D eigenvalue weighted by molar-refractivity contribution is 5.83. The number of hydrogen-bond acceptors (Lipinski definition) is 3. The fourth-order valence-electron chi connectivity index (χ4n) is 2.29. The molecule has 0 aromatic heterocycles. The number of β-amino-alcohol motifs (C(OH)–C–C–N with tert-alkyl or cyclic N) is 1. The van der Waals surface area contributed by atoms with E-state index in [2.05, 4.69) is 5.32 Å². The van der Waals surface area contributed by atoms with Gasteiger partial charge in [-0.15, -0.1) is 0 Å². The van der Waals surface area contributed by atoms with Gasteiger partial charge in [-0.05, 0) is 18.4 Å². The van der Waals surface area contributed by atoms with E-state index in [1.54, 1.807) is 30.3 Å². The van der Waals surface area contributed by atoms with Gasteiger partial charge in [0.2, 0.25) is 0 Å². The molecule has 1 aliphatic heterocycles. The molecule has 2 atom stereocenters. The first-order valence-electron chi connectivity index (χ1n) is 6.59. The smallest absolute Gasteiger partial charge is 0.330 e. The van der Waals surface area contributed by atoms with Crippen molar-refractivity contribution in [3.63, 3.8) is 0 Å². The van der Waals surface area contributed by atoms with Crippen molar-refractivity contribution in [2.24, 2.45) is 0 Å². The second-order valence-electron chi connectivity index (χ2n) is 4.87. The topological polar surface area (TPSA) is 89.9 Å². The first-order valence-corrected chi connectivity index (χ1v) is 6.59. The second-order valence-corrected chi connectivity index (χ2v) is 4.87. The summed E-state index contributed by atoms with van der Waals surface area (Å²) in [6, 6.07) is 7.01. The number of carboxylic acids is 1. The van der Waals surface area contributed by atoms with Crippen molar-refractivity contribution in [2.45, 2.75) is 25.0 Å². The molecule has 2 rings (SSSR count). The number of rotatable bonds is 3. The minimum absolute atomic E-state index is 0.243. The van der Waals surface area contributed by atoms with E-state index >= 15 is 0 Å². The SMILES string of the molecule is O=C(O)[C@H](NC(=O)N1CCCC(O)C1)c1ccccc1. The first-order chi connectivity index (χ1) is 9.58. The third kappa shape index (κ3) is 3.48. The van der Waals surface area contributed by atoms with Gasteiger partial charge in [0, 0.05) is 13.1 Å².